The highest BCUT2D eigenvalue weighted by molar-refractivity contribution is 5.78. The molecule has 1 unspecified atom stereocenters. The van der Waals surface area contributed by atoms with Gasteiger partial charge in [0.15, 0.2) is 0 Å². The monoisotopic (exact) mass is 337 g/mol. The molecule has 0 radical (unpaired) electrons. The minimum Gasteiger partial charge on any atom is -0.340 e. The van der Waals surface area contributed by atoms with Crippen molar-refractivity contribution >= 4 is 16.9 Å². The molecule has 4 rings (SSSR count). The average molecular weight is 337 g/mol. The van der Waals surface area contributed by atoms with Crippen molar-refractivity contribution in [1.29, 1.82) is 0 Å². The molecule has 25 heavy (non-hydrogen) atoms. The van der Waals surface area contributed by atoms with Crippen LogP contribution in [0, 0.1) is 13.8 Å². The minimum absolute atomic E-state index is 0.0257. The standard InChI is InChI=1S/C19H23N5O/c1-13-9-15-16(10-14(13)2)22-19(21-15)17-5-3-4-7-24(17)18(25)11-23-8-6-20-12-23/h6,8-10,12,17H,3-5,7,11H2,1-2H3,(H,21,22). The Morgan fingerprint density at radius 3 is 2.92 bits per heavy atom. The summed E-state index contributed by atoms with van der Waals surface area (Å²) in [6.45, 7) is 5.32. The molecule has 1 atom stereocenters. The Morgan fingerprint density at radius 2 is 2.12 bits per heavy atom. The quantitative estimate of drug-likeness (QED) is 0.798. The zero-order chi connectivity index (χ0) is 17.4. The number of benzene rings is 1. The second-order valence-electron chi connectivity index (χ2n) is 6.91. The summed E-state index contributed by atoms with van der Waals surface area (Å²) in [5.74, 6) is 1.02. The normalized spacial score (nSPS) is 18.0. The zero-order valence-corrected chi connectivity index (χ0v) is 14.7. The molecule has 6 heteroatoms. The van der Waals surface area contributed by atoms with Gasteiger partial charge in [0, 0.05) is 18.9 Å². The van der Waals surface area contributed by atoms with Crippen molar-refractivity contribution in [2.75, 3.05) is 6.54 Å². The molecular formula is C19H23N5O. The molecule has 0 saturated carbocycles. The summed E-state index contributed by atoms with van der Waals surface area (Å²) in [6.07, 6.45) is 8.32. The number of rotatable bonds is 3. The second-order valence-corrected chi connectivity index (χ2v) is 6.91. The van der Waals surface area contributed by atoms with Crippen molar-refractivity contribution < 1.29 is 4.79 Å². The lowest BCUT2D eigenvalue weighted by Gasteiger charge is -2.34. The smallest absolute Gasteiger partial charge is 0.243 e. The van der Waals surface area contributed by atoms with E-state index in [-0.39, 0.29) is 11.9 Å². The molecule has 2 aromatic heterocycles. The molecule has 1 aliphatic rings. The van der Waals surface area contributed by atoms with Gasteiger partial charge >= 0.3 is 0 Å². The van der Waals surface area contributed by atoms with Crippen LogP contribution >= 0.6 is 0 Å². The number of aromatic amines is 1. The maximum Gasteiger partial charge on any atom is 0.243 e. The molecule has 3 aromatic rings. The lowest BCUT2D eigenvalue weighted by molar-refractivity contribution is -0.135. The number of hydrogen-bond acceptors (Lipinski definition) is 3. The van der Waals surface area contributed by atoms with E-state index in [0.717, 1.165) is 42.7 Å². The molecule has 1 aliphatic heterocycles. The molecule has 1 saturated heterocycles. The van der Waals surface area contributed by atoms with Crippen LogP contribution in [0.2, 0.25) is 0 Å². The summed E-state index contributed by atoms with van der Waals surface area (Å²) in [5, 5.41) is 0. The largest absolute Gasteiger partial charge is 0.340 e. The summed E-state index contributed by atoms with van der Waals surface area (Å²) < 4.78 is 1.82. The molecule has 6 nitrogen and oxygen atoms in total. The lowest BCUT2D eigenvalue weighted by atomic mass is 10.0. The van der Waals surface area contributed by atoms with Gasteiger partial charge < -0.3 is 14.5 Å². The Balaban J connectivity index is 1.63. The van der Waals surface area contributed by atoms with E-state index < -0.39 is 0 Å². The van der Waals surface area contributed by atoms with Crippen LogP contribution in [0.3, 0.4) is 0 Å². The van der Waals surface area contributed by atoms with E-state index in [9.17, 15) is 4.79 Å². The first-order valence-electron chi connectivity index (χ1n) is 8.84. The van der Waals surface area contributed by atoms with Crippen LogP contribution in [0.4, 0.5) is 0 Å². The Morgan fingerprint density at radius 1 is 1.28 bits per heavy atom. The fourth-order valence-corrected chi connectivity index (χ4v) is 3.59. The fraction of sp³-hybridized carbons (Fsp3) is 0.421. The predicted octanol–water partition coefficient (Wildman–Crippen LogP) is 3.13. The number of carbonyl (C=O) groups is 1. The first kappa shape index (κ1) is 15.9. The van der Waals surface area contributed by atoms with Crippen LogP contribution in [-0.4, -0.2) is 36.9 Å². The summed E-state index contributed by atoms with van der Waals surface area (Å²) in [7, 11) is 0. The van der Waals surface area contributed by atoms with Crippen molar-refractivity contribution in [3.8, 4) is 0 Å². The van der Waals surface area contributed by atoms with Gasteiger partial charge in [0.05, 0.1) is 23.4 Å². The number of imidazole rings is 2. The van der Waals surface area contributed by atoms with Crippen LogP contribution in [0.25, 0.3) is 11.0 Å². The number of piperidine rings is 1. The number of carbonyl (C=O) groups excluding carboxylic acids is 1. The van der Waals surface area contributed by atoms with E-state index >= 15 is 0 Å². The van der Waals surface area contributed by atoms with Gasteiger partial charge in [0.2, 0.25) is 5.91 Å². The van der Waals surface area contributed by atoms with E-state index in [1.54, 1.807) is 12.5 Å². The fourth-order valence-electron chi connectivity index (χ4n) is 3.59. The number of hydrogen-bond donors (Lipinski definition) is 1. The third-order valence-corrected chi connectivity index (χ3v) is 5.13. The van der Waals surface area contributed by atoms with Gasteiger partial charge in [0.25, 0.3) is 0 Å². The van der Waals surface area contributed by atoms with Crippen LogP contribution in [0.5, 0.6) is 0 Å². The first-order valence-corrected chi connectivity index (χ1v) is 8.84. The Bertz CT molecular complexity index is 857. The van der Waals surface area contributed by atoms with Crippen molar-refractivity contribution in [3.63, 3.8) is 0 Å². The van der Waals surface area contributed by atoms with Gasteiger partial charge in [-0.3, -0.25) is 4.79 Å². The van der Waals surface area contributed by atoms with Gasteiger partial charge in [-0.1, -0.05) is 0 Å². The number of aryl methyl sites for hydroxylation is 2. The molecule has 0 bridgehead atoms. The van der Waals surface area contributed by atoms with Crippen LogP contribution in [-0.2, 0) is 11.3 Å². The van der Waals surface area contributed by atoms with Crippen LogP contribution in [0.1, 0.15) is 42.3 Å². The third-order valence-electron chi connectivity index (χ3n) is 5.13. The van der Waals surface area contributed by atoms with Crippen molar-refractivity contribution in [3.05, 3.63) is 47.8 Å². The van der Waals surface area contributed by atoms with Crippen molar-refractivity contribution in [2.24, 2.45) is 0 Å². The molecular weight excluding hydrogens is 314 g/mol. The SMILES string of the molecule is Cc1cc2nc(C3CCCCN3C(=O)Cn3ccnc3)[nH]c2cc1C. The Kier molecular flexibility index (Phi) is 4.03. The molecule has 1 amide bonds. The Hall–Kier alpha value is -2.63. The van der Waals surface area contributed by atoms with E-state index in [1.807, 2.05) is 15.7 Å². The summed E-state index contributed by atoms with van der Waals surface area (Å²) in [4.78, 5) is 27.1. The number of nitrogens with zero attached hydrogens (tertiary/aromatic N) is 4. The Labute approximate surface area is 146 Å². The second kappa shape index (κ2) is 6.35. The van der Waals surface area contributed by atoms with Gasteiger partial charge in [-0.2, -0.15) is 0 Å². The maximum absolute atomic E-state index is 12.8. The molecule has 1 fully saturated rings. The van der Waals surface area contributed by atoms with Crippen LogP contribution < -0.4 is 0 Å². The van der Waals surface area contributed by atoms with Crippen LogP contribution in [0.15, 0.2) is 30.9 Å². The maximum atomic E-state index is 12.8. The topological polar surface area (TPSA) is 66.8 Å². The molecule has 3 heterocycles. The van der Waals surface area contributed by atoms with E-state index in [1.165, 1.54) is 11.1 Å². The van der Waals surface area contributed by atoms with Gasteiger partial charge in [0.1, 0.15) is 12.4 Å². The zero-order valence-electron chi connectivity index (χ0n) is 14.7. The highest BCUT2D eigenvalue weighted by atomic mass is 16.2. The first-order chi connectivity index (χ1) is 12.1. The number of likely N-dealkylation sites (tertiary alicyclic amines) is 1. The number of nitrogens with one attached hydrogen (secondary N) is 1. The van der Waals surface area contributed by atoms with E-state index in [2.05, 4.69) is 35.9 Å². The average Bonchev–Trinajstić information content (AvgIpc) is 3.25. The summed E-state index contributed by atoms with van der Waals surface area (Å²) in [5.41, 5.74) is 4.51. The lowest BCUT2D eigenvalue weighted by Crippen LogP contribution is -2.40. The predicted molar refractivity (Wildman–Crippen MR) is 96.1 cm³/mol. The number of aromatic nitrogens is 4. The highest BCUT2D eigenvalue weighted by Crippen LogP contribution is 2.31. The number of amides is 1. The molecule has 1 N–H and O–H groups in total. The van der Waals surface area contributed by atoms with Gasteiger partial charge in [-0.05, 0) is 56.4 Å². The van der Waals surface area contributed by atoms with E-state index in [4.69, 9.17) is 4.98 Å². The third kappa shape index (κ3) is 3.04. The molecule has 0 aliphatic carbocycles. The van der Waals surface area contributed by atoms with Crippen molar-refractivity contribution in [2.45, 2.75) is 45.7 Å². The van der Waals surface area contributed by atoms with Gasteiger partial charge in [-0.15, -0.1) is 0 Å². The molecule has 1 aromatic carbocycles. The highest BCUT2D eigenvalue weighted by Gasteiger charge is 2.30. The summed E-state index contributed by atoms with van der Waals surface area (Å²) in [6, 6.07) is 4.28. The number of fused-ring (bicyclic) bond motifs is 1. The van der Waals surface area contributed by atoms with Gasteiger partial charge in [-0.25, -0.2) is 9.97 Å². The van der Waals surface area contributed by atoms with E-state index in [0.29, 0.717) is 6.54 Å². The summed E-state index contributed by atoms with van der Waals surface area (Å²) >= 11 is 0. The van der Waals surface area contributed by atoms with Crippen molar-refractivity contribution in [1.82, 2.24) is 24.4 Å². The molecule has 130 valence electrons. The number of H-pyrrole nitrogens is 1. The minimum atomic E-state index is 0.0257. The molecule has 0 spiro atoms.